The zero-order valence-electron chi connectivity index (χ0n) is 11.9. The number of thiazole rings is 1. The van der Waals surface area contributed by atoms with E-state index in [1.54, 1.807) is 6.20 Å². The lowest BCUT2D eigenvalue weighted by atomic mass is 9.94. The molecule has 1 unspecified atom stereocenters. The summed E-state index contributed by atoms with van der Waals surface area (Å²) in [5.74, 6) is -0.434. The van der Waals surface area contributed by atoms with Gasteiger partial charge in [-0.3, -0.25) is 10.1 Å². The normalized spacial score (nSPS) is 11.9. The van der Waals surface area contributed by atoms with E-state index in [0.29, 0.717) is 24.0 Å². The summed E-state index contributed by atoms with van der Waals surface area (Å²) in [6.45, 7) is 2.61. The Bertz CT molecular complexity index is 467. The molecule has 8 heteroatoms. The van der Waals surface area contributed by atoms with Crippen LogP contribution in [0.1, 0.15) is 39.0 Å². The fourth-order valence-corrected chi connectivity index (χ4v) is 3.11. The van der Waals surface area contributed by atoms with Gasteiger partial charge in [0.2, 0.25) is 0 Å². The SMILES string of the molecule is CCCC(CCNC(=O)Nc1ncc(Br)s1)CCC(=O)O. The van der Waals surface area contributed by atoms with Crippen LogP contribution < -0.4 is 10.6 Å². The molecule has 0 aliphatic carbocycles. The number of aliphatic carboxylic acids is 1. The van der Waals surface area contributed by atoms with Crippen molar-refractivity contribution in [2.24, 2.45) is 5.92 Å². The summed E-state index contributed by atoms with van der Waals surface area (Å²) >= 11 is 4.62. The minimum atomic E-state index is -0.767. The number of urea groups is 1. The van der Waals surface area contributed by atoms with E-state index >= 15 is 0 Å². The molecular weight excluding hydrogens is 358 g/mol. The first kappa shape index (κ1) is 17.9. The predicted octanol–water partition coefficient (Wildman–Crippen LogP) is 3.70. The summed E-state index contributed by atoms with van der Waals surface area (Å²) in [5.41, 5.74) is 0. The Morgan fingerprint density at radius 2 is 2.19 bits per heavy atom. The van der Waals surface area contributed by atoms with Crippen molar-refractivity contribution in [2.45, 2.75) is 39.0 Å². The topological polar surface area (TPSA) is 91.3 Å². The zero-order chi connectivity index (χ0) is 15.7. The van der Waals surface area contributed by atoms with E-state index < -0.39 is 5.97 Å². The number of carboxylic acids is 1. The molecule has 0 aromatic carbocycles. The number of rotatable bonds is 9. The molecule has 0 spiro atoms. The van der Waals surface area contributed by atoms with Crippen LogP contribution in [-0.2, 0) is 4.79 Å². The van der Waals surface area contributed by atoms with Crippen molar-refractivity contribution in [2.75, 3.05) is 11.9 Å². The Hall–Kier alpha value is -1.15. The van der Waals surface area contributed by atoms with E-state index in [4.69, 9.17) is 5.11 Å². The number of carboxylic acid groups (broad SMARTS) is 1. The second-order valence-corrected chi connectivity index (χ2v) is 7.14. The largest absolute Gasteiger partial charge is 0.481 e. The Labute approximate surface area is 136 Å². The highest BCUT2D eigenvalue weighted by atomic mass is 79.9. The molecule has 0 saturated carbocycles. The van der Waals surface area contributed by atoms with Crippen LogP contribution in [0.5, 0.6) is 0 Å². The Morgan fingerprint density at radius 3 is 2.76 bits per heavy atom. The van der Waals surface area contributed by atoms with Crippen LogP contribution in [0.4, 0.5) is 9.93 Å². The minimum Gasteiger partial charge on any atom is -0.481 e. The molecule has 0 aliphatic rings. The van der Waals surface area contributed by atoms with Crippen LogP contribution in [0.2, 0.25) is 0 Å². The number of amides is 2. The van der Waals surface area contributed by atoms with Gasteiger partial charge in [-0.05, 0) is 34.7 Å². The lowest BCUT2D eigenvalue weighted by Gasteiger charge is -2.15. The van der Waals surface area contributed by atoms with Crippen molar-refractivity contribution in [1.29, 1.82) is 0 Å². The minimum absolute atomic E-state index is 0.185. The standard InChI is InChI=1S/C13H20BrN3O3S/c1-2-3-9(4-5-11(18)19)6-7-15-12(20)17-13-16-8-10(14)21-13/h8-9H,2-7H2,1H3,(H,18,19)(H2,15,16,17,20). The van der Waals surface area contributed by atoms with E-state index in [-0.39, 0.29) is 12.5 Å². The second-order valence-electron chi connectivity index (χ2n) is 4.73. The summed E-state index contributed by atoms with van der Waals surface area (Å²) in [5, 5.41) is 14.7. The first-order chi connectivity index (χ1) is 10.0. The number of hydrogen-bond donors (Lipinski definition) is 3. The summed E-state index contributed by atoms with van der Waals surface area (Å²) in [4.78, 5) is 26.3. The van der Waals surface area contributed by atoms with E-state index in [0.717, 1.165) is 23.0 Å². The molecule has 6 nitrogen and oxygen atoms in total. The van der Waals surface area contributed by atoms with E-state index in [9.17, 15) is 9.59 Å². The highest BCUT2D eigenvalue weighted by Crippen LogP contribution is 2.23. The summed E-state index contributed by atoms with van der Waals surface area (Å²) in [6, 6.07) is -0.287. The van der Waals surface area contributed by atoms with Crippen molar-refractivity contribution in [3.8, 4) is 0 Å². The van der Waals surface area contributed by atoms with Gasteiger partial charge in [-0.1, -0.05) is 31.1 Å². The van der Waals surface area contributed by atoms with Gasteiger partial charge in [-0.15, -0.1) is 0 Å². The third-order valence-electron chi connectivity index (χ3n) is 3.00. The maximum atomic E-state index is 11.7. The average molecular weight is 378 g/mol. The van der Waals surface area contributed by atoms with E-state index in [1.807, 2.05) is 0 Å². The second kappa shape index (κ2) is 9.73. The number of nitrogens with zero attached hydrogens (tertiary/aromatic N) is 1. The molecule has 118 valence electrons. The van der Waals surface area contributed by atoms with Gasteiger partial charge < -0.3 is 10.4 Å². The molecule has 1 rings (SSSR count). The fourth-order valence-electron chi connectivity index (χ4n) is 2.01. The number of nitrogens with one attached hydrogen (secondary N) is 2. The summed E-state index contributed by atoms with van der Waals surface area (Å²) in [7, 11) is 0. The van der Waals surface area contributed by atoms with Crippen molar-refractivity contribution >= 4 is 44.4 Å². The number of halogens is 1. The van der Waals surface area contributed by atoms with Gasteiger partial charge in [0, 0.05) is 13.0 Å². The Kier molecular flexibility index (Phi) is 8.29. The highest BCUT2D eigenvalue weighted by molar-refractivity contribution is 9.11. The van der Waals surface area contributed by atoms with Crippen molar-refractivity contribution in [1.82, 2.24) is 10.3 Å². The number of carbonyl (C=O) groups is 2. The van der Waals surface area contributed by atoms with E-state index in [2.05, 4.69) is 38.5 Å². The average Bonchev–Trinajstić information content (AvgIpc) is 2.81. The fraction of sp³-hybridized carbons (Fsp3) is 0.615. The van der Waals surface area contributed by atoms with Crippen LogP contribution in [-0.4, -0.2) is 28.6 Å². The molecular formula is C13H20BrN3O3S. The molecule has 1 aromatic heterocycles. The summed E-state index contributed by atoms with van der Waals surface area (Å²) < 4.78 is 0.856. The van der Waals surface area contributed by atoms with Gasteiger partial charge in [0.15, 0.2) is 5.13 Å². The number of aromatic nitrogens is 1. The smallest absolute Gasteiger partial charge is 0.321 e. The molecule has 21 heavy (non-hydrogen) atoms. The first-order valence-corrected chi connectivity index (χ1v) is 8.50. The third kappa shape index (κ3) is 8.01. The van der Waals surface area contributed by atoms with Gasteiger partial charge in [-0.2, -0.15) is 0 Å². The Morgan fingerprint density at radius 1 is 1.43 bits per heavy atom. The highest BCUT2D eigenvalue weighted by Gasteiger charge is 2.11. The predicted molar refractivity (Wildman–Crippen MR) is 86.7 cm³/mol. The van der Waals surface area contributed by atoms with Gasteiger partial charge >= 0.3 is 12.0 Å². The quantitative estimate of drug-likeness (QED) is 0.611. The molecule has 1 aromatic rings. The maximum Gasteiger partial charge on any atom is 0.321 e. The van der Waals surface area contributed by atoms with Gasteiger partial charge in [0.25, 0.3) is 0 Å². The maximum absolute atomic E-state index is 11.7. The third-order valence-corrected chi connectivity index (χ3v) is 4.39. The van der Waals surface area contributed by atoms with Crippen LogP contribution in [0, 0.1) is 5.92 Å². The molecule has 0 aliphatic heterocycles. The van der Waals surface area contributed by atoms with Crippen LogP contribution in [0.3, 0.4) is 0 Å². The van der Waals surface area contributed by atoms with Crippen molar-refractivity contribution in [3.05, 3.63) is 9.98 Å². The lowest BCUT2D eigenvalue weighted by Crippen LogP contribution is -2.30. The molecule has 0 fully saturated rings. The number of anilines is 1. The molecule has 1 heterocycles. The van der Waals surface area contributed by atoms with Crippen LogP contribution >= 0.6 is 27.3 Å². The molecule has 3 N–H and O–H groups in total. The number of hydrogen-bond acceptors (Lipinski definition) is 4. The monoisotopic (exact) mass is 377 g/mol. The lowest BCUT2D eigenvalue weighted by molar-refractivity contribution is -0.137. The van der Waals surface area contributed by atoms with E-state index in [1.165, 1.54) is 11.3 Å². The number of carbonyl (C=O) groups excluding carboxylic acids is 1. The molecule has 2 amide bonds. The van der Waals surface area contributed by atoms with Gasteiger partial charge in [0.1, 0.15) is 0 Å². The van der Waals surface area contributed by atoms with Gasteiger partial charge in [-0.25, -0.2) is 9.78 Å². The molecule has 0 saturated heterocycles. The van der Waals surface area contributed by atoms with Gasteiger partial charge in [0.05, 0.1) is 9.98 Å². The molecule has 0 radical (unpaired) electrons. The molecule has 1 atom stereocenters. The van der Waals surface area contributed by atoms with Crippen molar-refractivity contribution < 1.29 is 14.7 Å². The molecule has 0 bridgehead atoms. The summed E-state index contributed by atoms with van der Waals surface area (Å²) in [6.07, 6.45) is 5.26. The van der Waals surface area contributed by atoms with Crippen LogP contribution in [0.15, 0.2) is 9.98 Å². The Balaban J connectivity index is 2.25. The van der Waals surface area contributed by atoms with Crippen molar-refractivity contribution in [3.63, 3.8) is 0 Å². The zero-order valence-corrected chi connectivity index (χ0v) is 14.3. The first-order valence-electron chi connectivity index (χ1n) is 6.89. The van der Waals surface area contributed by atoms with Crippen LogP contribution in [0.25, 0.3) is 0 Å².